The summed E-state index contributed by atoms with van der Waals surface area (Å²) in [6, 6.07) is 6.83. The van der Waals surface area contributed by atoms with E-state index in [1.165, 1.54) is 18.9 Å². The maximum Gasteiger partial charge on any atom is 0.128 e. The molecule has 0 aliphatic heterocycles. The lowest BCUT2D eigenvalue weighted by atomic mass is 10.1. The number of likely N-dealkylation sites (N-methyl/N-ethyl adjacent to an activating group) is 1. The molecule has 19 heavy (non-hydrogen) atoms. The van der Waals surface area contributed by atoms with Gasteiger partial charge in [-0.2, -0.15) is 0 Å². The summed E-state index contributed by atoms with van der Waals surface area (Å²) in [6.45, 7) is 8.44. The van der Waals surface area contributed by atoms with Crippen LogP contribution in [-0.2, 0) is 4.74 Å². The third-order valence-corrected chi connectivity index (χ3v) is 3.20. The van der Waals surface area contributed by atoms with Crippen molar-refractivity contribution < 1.29 is 9.13 Å². The largest absolute Gasteiger partial charge is 0.379 e. The van der Waals surface area contributed by atoms with E-state index in [4.69, 9.17) is 4.74 Å². The number of rotatable bonds is 9. The second kappa shape index (κ2) is 9.05. The van der Waals surface area contributed by atoms with Crippen LogP contribution in [0.1, 0.15) is 45.2 Å². The average Bonchev–Trinajstić information content (AvgIpc) is 2.39. The smallest absolute Gasteiger partial charge is 0.128 e. The minimum atomic E-state index is -0.168. The van der Waals surface area contributed by atoms with Gasteiger partial charge in [0.2, 0.25) is 0 Å². The predicted molar refractivity (Wildman–Crippen MR) is 77.7 cm³/mol. The molecule has 1 rings (SSSR count). The predicted octanol–water partition coefficient (Wildman–Crippen LogP) is 3.93. The number of halogens is 1. The average molecular weight is 267 g/mol. The fraction of sp³-hybridized carbons (Fsp3) is 0.625. The molecule has 2 nitrogen and oxygen atoms in total. The van der Waals surface area contributed by atoms with Crippen LogP contribution in [0.25, 0.3) is 0 Å². The van der Waals surface area contributed by atoms with Crippen molar-refractivity contribution in [1.82, 2.24) is 5.32 Å². The molecule has 0 bridgehead atoms. The summed E-state index contributed by atoms with van der Waals surface area (Å²) >= 11 is 0. The molecule has 0 saturated heterocycles. The van der Waals surface area contributed by atoms with Gasteiger partial charge in [0.25, 0.3) is 0 Å². The Morgan fingerprint density at radius 3 is 2.58 bits per heavy atom. The van der Waals surface area contributed by atoms with Crippen LogP contribution in [-0.4, -0.2) is 19.8 Å². The van der Waals surface area contributed by atoms with Gasteiger partial charge in [0, 0.05) is 12.2 Å². The fourth-order valence-corrected chi connectivity index (χ4v) is 2.23. The van der Waals surface area contributed by atoms with Gasteiger partial charge in [-0.3, -0.25) is 0 Å². The summed E-state index contributed by atoms with van der Waals surface area (Å²) in [5.41, 5.74) is 0.687. The minimum Gasteiger partial charge on any atom is -0.379 e. The van der Waals surface area contributed by atoms with Crippen molar-refractivity contribution in [2.24, 2.45) is 5.92 Å². The molecule has 1 N–H and O–H groups in total. The number of ether oxygens (including phenoxy) is 1. The van der Waals surface area contributed by atoms with Crippen LogP contribution in [0.5, 0.6) is 0 Å². The molecule has 1 aromatic rings. The first-order valence-corrected chi connectivity index (χ1v) is 7.24. The van der Waals surface area contributed by atoms with Crippen LogP contribution in [0, 0.1) is 11.7 Å². The van der Waals surface area contributed by atoms with Gasteiger partial charge in [0.1, 0.15) is 5.82 Å². The Bertz CT molecular complexity index is 356. The highest BCUT2D eigenvalue weighted by molar-refractivity contribution is 5.21. The molecule has 0 amide bonds. The van der Waals surface area contributed by atoms with Crippen LogP contribution in [0.2, 0.25) is 0 Å². The van der Waals surface area contributed by atoms with Gasteiger partial charge in [0.15, 0.2) is 0 Å². The third-order valence-electron chi connectivity index (χ3n) is 3.20. The van der Waals surface area contributed by atoms with Gasteiger partial charge in [-0.05, 0) is 24.9 Å². The quantitative estimate of drug-likeness (QED) is 0.732. The highest BCUT2D eigenvalue weighted by atomic mass is 19.1. The summed E-state index contributed by atoms with van der Waals surface area (Å²) in [7, 11) is 0. The maximum absolute atomic E-state index is 13.8. The first-order chi connectivity index (χ1) is 9.19. The zero-order chi connectivity index (χ0) is 14.1. The first-order valence-electron chi connectivity index (χ1n) is 7.24. The summed E-state index contributed by atoms with van der Waals surface area (Å²) in [5, 5.41) is 3.28. The highest BCUT2D eigenvalue weighted by Gasteiger charge is 2.14. The first kappa shape index (κ1) is 16.1. The summed E-state index contributed by atoms with van der Waals surface area (Å²) in [4.78, 5) is 0. The Morgan fingerprint density at radius 1 is 1.21 bits per heavy atom. The fourth-order valence-electron chi connectivity index (χ4n) is 2.23. The topological polar surface area (TPSA) is 21.3 Å². The minimum absolute atomic E-state index is 0.0694. The third kappa shape index (κ3) is 5.70. The van der Waals surface area contributed by atoms with Crippen molar-refractivity contribution >= 4 is 0 Å². The van der Waals surface area contributed by atoms with Crippen molar-refractivity contribution in [2.45, 2.75) is 39.7 Å². The molecule has 0 heterocycles. The van der Waals surface area contributed by atoms with E-state index >= 15 is 0 Å². The van der Waals surface area contributed by atoms with Gasteiger partial charge in [-0.1, -0.05) is 45.4 Å². The molecule has 0 radical (unpaired) electrons. The lowest BCUT2D eigenvalue weighted by molar-refractivity contribution is 0.0828. The zero-order valence-electron chi connectivity index (χ0n) is 12.3. The molecule has 0 aromatic heterocycles. The van der Waals surface area contributed by atoms with E-state index in [0.29, 0.717) is 18.1 Å². The van der Waals surface area contributed by atoms with Gasteiger partial charge in [0.05, 0.1) is 12.6 Å². The molecule has 0 saturated carbocycles. The molecule has 0 spiro atoms. The zero-order valence-corrected chi connectivity index (χ0v) is 12.3. The van der Waals surface area contributed by atoms with E-state index in [9.17, 15) is 4.39 Å². The molecular formula is C16H26FNO. The summed E-state index contributed by atoms with van der Waals surface area (Å²) in [5.74, 6) is 0.395. The normalized spacial score (nSPS) is 14.3. The van der Waals surface area contributed by atoms with Crippen molar-refractivity contribution in [3.8, 4) is 0 Å². The second-order valence-electron chi connectivity index (χ2n) is 5.06. The summed E-state index contributed by atoms with van der Waals surface area (Å²) < 4.78 is 19.5. The van der Waals surface area contributed by atoms with E-state index in [2.05, 4.69) is 19.2 Å². The van der Waals surface area contributed by atoms with Crippen LogP contribution in [0.4, 0.5) is 4.39 Å². The SMILES string of the molecule is CCCC(C)COCC(NCC)c1ccccc1F. The Hall–Kier alpha value is -0.930. The van der Waals surface area contributed by atoms with Gasteiger partial charge in [-0.25, -0.2) is 4.39 Å². The van der Waals surface area contributed by atoms with Gasteiger partial charge < -0.3 is 10.1 Å². The Labute approximate surface area is 116 Å². The van der Waals surface area contributed by atoms with Gasteiger partial charge >= 0.3 is 0 Å². The maximum atomic E-state index is 13.8. The number of hydrogen-bond acceptors (Lipinski definition) is 2. The lowest BCUT2D eigenvalue weighted by Gasteiger charge is -2.20. The van der Waals surface area contributed by atoms with Crippen LogP contribution >= 0.6 is 0 Å². The lowest BCUT2D eigenvalue weighted by Crippen LogP contribution is -2.27. The molecule has 0 aliphatic rings. The van der Waals surface area contributed by atoms with E-state index in [1.807, 2.05) is 19.1 Å². The molecule has 1 aromatic carbocycles. The van der Waals surface area contributed by atoms with Crippen molar-refractivity contribution in [1.29, 1.82) is 0 Å². The Kier molecular flexibility index (Phi) is 7.68. The number of benzene rings is 1. The Morgan fingerprint density at radius 2 is 1.95 bits per heavy atom. The molecule has 3 heteroatoms. The van der Waals surface area contributed by atoms with Crippen LogP contribution in [0.3, 0.4) is 0 Å². The molecule has 0 fully saturated rings. The van der Waals surface area contributed by atoms with E-state index in [0.717, 1.165) is 13.2 Å². The molecule has 0 aliphatic carbocycles. The number of hydrogen-bond donors (Lipinski definition) is 1. The summed E-state index contributed by atoms with van der Waals surface area (Å²) in [6.07, 6.45) is 2.35. The van der Waals surface area contributed by atoms with Gasteiger partial charge in [-0.15, -0.1) is 0 Å². The van der Waals surface area contributed by atoms with E-state index in [-0.39, 0.29) is 11.9 Å². The van der Waals surface area contributed by atoms with Crippen molar-refractivity contribution in [3.05, 3.63) is 35.6 Å². The molecular weight excluding hydrogens is 241 g/mol. The van der Waals surface area contributed by atoms with Crippen molar-refractivity contribution in [2.75, 3.05) is 19.8 Å². The molecule has 2 unspecified atom stereocenters. The Balaban J connectivity index is 2.52. The molecule has 2 atom stereocenters. The standard InChI is InChI=1S/C16H26FNO/c1-4-8-13(3)11-19-12-16(18-5-2)14-9-6-7-10-15(14)17/h6-7,9-10,13,16,18H,4-5,8,11-12H2,1-3H3. The van der Waals surface area contributed by atoms with Crippen LogP contribution in [0.15, 0.2) is 24.3 Å². The van der Waals surface area contributed by atoms with Crippen molar-refractivity contribution in [3.63, 3.8) is 0 Å². The van der Waals surface area contributed by atoms with E-state index in [1.54, 1.807) is 6.07 Å². The monoisotopic (exact) mass is 267 g/mol. The van der Waals surface area contributed by atoms with Crippen LogP contribution < -0.4 is 5.32 Å². The highest BCUT2D eigenvalue weighted by Crippen LogP contribution is 2.17. The van der Waals surface area contributed by atoms with E-state index < -0.39 is 0 Å². The molecule has 108 valence electrons. The number of nitrogens with one attached hydrogen (secondary N) is 1. The second-order valence-corrected chi connectivity index (χ2v) is 5.06.